The van der Waals surface area contributed by atoms with Crippen molar-refractivity contribution in [3.63, 3.8) is 0 Å². The molecule has 5 nitrogen and oxygen atoms in total. The van der Waals surface area contributed by atoms with Gasteiger partial charge in [0, 0.05) is 16.9 Å². The molecule has 0 saturated carbocycles. The normalized spacial score (nSPS) is 10.2. The predicted octanol–water partition coefficient (Wildman–Crippen LogP) is 3.60. The van der Waals surface area contributed by atoms with Crippen LogP contribution in [0.4, 0.5) is 5.69 Å². The van der Waals surface area contributed by atoms with Gasteiger partial charge >= 0.3 is 0 Å². The Hall–Kier alpha value is -3.52. The molecule has 0 aliphatic carbocycles. The number of nitriles is 1. The van der Waals surface area contributed by atoms with Gasteiger partial charge in [-0.25, -0.2) is 0 Å². The van der Waals surface area contributed by atoms with Crippen molar-refractivity contribution in [2.45, 2.75) is 6.92 Å². The van der Waals surface area contributed by atoms with Crippen LogP contribution in [0, 0.1) is 18.3 Å². The zero-order chi connectivity index (χ0) is 17.1. The van der Waals surface area contributed by atoms with Gasteiger partial charge < -0.3 is 15.5 Å². The van der Waals surface area contributed by atoms with Crippen LogP contribution in [-0.2, 0) is 0 Å². The third-order valence-corrected chi connectivity index (χ3v) is 3.54. The second kappa shape index (κ2) is 6.31. The van der Waals surface area contributed by atoms with Gasteiger partial charge in [0.25, 0.3) is 5.56 Å². The Morgan fingerprint density at radius 1 is 1.08 bits per heavy atom. The summed E-state index contributed by atoms with van der Waals surface area (Å²) in [4.78, 5) is 14.6. The van der Waals surface area contributed by atoms with Gasteiger partial charge in [-0.2, -0.15) is 5.26 Å². The first-order chi connectivity index (χ1) is 11.6. The van der Waals surface area contributed by atoms with Crippen molar-refractivity contribution in [3.05, 3.63) is 76.2 Å². The molecule has 1 aromatic heterocycles. The first-order valence-corrected chi connectivity index (χ1v) is 7.34. The highest BCUT2D eigenvalue weighted by atomic mass is 16.5. The molecule has 0 aliphatic rings. The van der Waals surface area contributed by atoms with E-state index in [1.54, 1.807) is 43.3 Å². The average Bonchev–Trinajstić information content (AvgIpc) is 2.57. The lowest BCUT2D eigenvalue weighted by molar-refractivity contribution is 0.483. The van der Waals surface area contributed by atoms with Crippen LogP contribution in [0.5, 0.6) is 11.5 Å². The first-order valence-electron chi connectivity index (χ1n) is 7.34. The molecule has 3 aromatic rings. The second-order valence-electron chi connectivity index (χ2n) is 5.38. The number of aryl methyl sites for hydroxylation is 1. The largest absolute Gasteiger partial charge is 0.457 e. The molecule has 0 bridgehead atoms. The Labute approximate surface area is 139 Å². The summed E-state index contributed by atoms with van der Waals surface area (Å²) in [7, 11) is 0. The summed E-state index contributed by atoms with van der Waals surface area (Å²) in [6.07, 6.45) is 0. The highest BCUT2D eigenvalue weighted by Gasteiger charge is 2.11. The summed E-state index contributed by atoms with van der Waals surface area (Å²) in [6.45, 7) is 1.78. The van der Waals surface area contributed by atoms with Crippen molar-refractivity contribution in [1.82, 2.24) is 4.98 Å². The smallest absolute Gasteiger partial charge is 0.266 e. The first kappa shape index (κ1) is 15.4. The summed E-state index contributed by atoms with van der Waals surface area (Å²) in [5.41, 5.74) is 8.04. The van der Waals surface area contributed by atoms with Crippen LogP contribution >= 0.6 is 0 Å². The number of hydrogen-bond donors (Lipinski definition) is 2. The topological polar surface area (TPSA) is 91.9 Å². The van der Waals surface area contributed by atoms with Crippen molar-refractivity contribution in [3.8, 4) is 28.7 Å². The lowest BCUT2D eigenvalue weighted by Gasteiger charge is -2.09. The minimum atomic E-state index is -0.391. The van der Waals surface area contributed by atoms with Gasteiger partial charge in [-0.15, -0.1) is 0 Å². The van der Waals surface area contributed by atoms with Crippen LogP contribution in [0.2, 0.25) is 0 Å². The Morgan fingerprint density at radius 2 is 1.83 bits per heavy atom. The molecule has 118 valence electrons. The standard InChI is InChI=1S/C19H15N3O2/c1-12-9-17(18(11-20)19(23)22-12)13-3-2-4-16(10-13)24-15-7-5-14(21)6-8-15/h2-10H,21H2,1H3,(H,22,23). The monoisotopic (exact) mass is 317 g/mol. The van der Waals surface area contributed by atoms with Crippen LogP contribution in [0.3, 0.4) is 0 Å². The molecule has 5 heteroatoms. The molecule has 24 heavy (non-hydrogen) atoms. The fraction of sp³-hybridized carbons (Fsp3) is 0.0526. The van der Waals surface area contributed by atoms with Crippen LogP contribution in [0.1, 0.15) is 11.3 Å². The van der Waals surface area contributed by atoms with Gasteiger partial charge in [-0.1, -0.05) is 12.1 Å². The minimum Gasteiger partial charge on any atom is -0.457 e. The van der Waals surface area contributed by atoms with E-state index in [1.807, 2.05) is 24.3 Å². The minimum absolute atomic E-state index is 0.0882. The number of nitrogens with two attached hydrogens (primary N) is 1. The van der Waals surface area contributed by atoms with Gasteiger partial charge in [0.05, 0.1) is 0 Å². The molecule has 0 unspecified atom stereocenters. The molecular formula is C19H15N3O2. The molecule has 0 atom stereocenters. The zero-order valence-corrected chi connectivity index (χ0v) is 13.0. The van der Waals surface area contributed by atoms with E-state index in [0.717, 1.165) is 5.56 Å². The molecule has 0 fully saturated rings. The summed E-state index contributed by atoms with van der Waals surface area (Å²) >= 11 is 0. The van der Waals surface area contributed by atoms with Crippen molar-refractivity contribution < 1.29 is 4.74 Å². The number of benzene rings is 2. The molecule has 1 heterocycles. The van der Waals surface area contributed by atoms with Crippen molar-refractivity contribution in [2.24, 2.45) is 0 Å². The van der Waals surface area contributed by atoms with E-state index in [9.17, 15) is 10.1 Å². The number of nitrogen functional groups attached to an aromatic ring is 1. The highest BCUT2D eigenvalue weighted by Crippen LogP contribution is 2.28. The molecule has 0 saturated heterocycles. The Balaban J connectivity index is 2.01. The Bertz CT molecular complexity index is 983. The number of nitrogens with one attached hydrogen (secondary N) is 1. The molecule has 0 amide bonds. The van der Waals surface area contributed by atoms with Crippen LogP contribution in [-0.4, -0.2) is 4.98 Å². The third kappa shape index (κ3) is 3.13. The van der Waals surface area contributed by atoms with E-state index in [2.05, 4.69) is 4.98 Å². The average molecular weight is 317 g/mol. The van der Waals surface area contributed by atoms with Crippen LogP contribution in [0.15, 0.2) is 59.4 Å². The molecule has 3 N–H and O–H groups in total. The van der Waals surface area contributed by atoms with Crippen molar-refractivity contribution in [2.75, 3.05) is 5.73 Å². The molecule has 0 spiro atoms. The SMILES string of the molecule is Cc1cc(-c2cccc(Oc3ccc(N)cc3)c2)c(C#N)c(=O)[nH]1. The second-order valence-corrected chi connectivity index (χ2v) is 5.38. The number of aromatic amines is 1. The van der Waals surface area contributed by atoms with Gasteiger partial charge in [0.1, 0.15) is 23.1 Å². The highest BCUT2D eigenvalue weighted by molar-refractivity contribution is 5.71. The molecular weight excluding hydrogens is 302 g/mol. The molecule has 3 rings (SSSR count). The number of H-pyrrole nitrogens is 1. The number of hydrogen-bond acceptors (Lipinski definition) is 4. The molecule has 0 radical (unpaired) electrons. The fourth-order valence-corrected chi connectivity index (χ4v) is 2.43. The fourth-order valence-electron chi connectivity index (χ4n) is 2.43. The summed E-state index contributed by atoms with van der Waals surface area (Å²) in [6, 6.07) is 18.1. The lowest BCUT2D eigenvalue weighted by Crippen LogP contribution is -2.12. The van der Waals surface area contributed by atoms with Crippen molar-refractivity contribution in [1.29, 1.82) is 5.26 Å². The number of nitrogens with zero attached hydrogens (tertiary/aromatic N) is 1. The molecule has 2 aromatic carbocycles. The van der Waals surface area contributed by atoms with Crippen LogP contribution in [0.25, 0.3) is 11.1 Å². The van der Waals surface area contributed by atoms with Gasteiger partial charge in [0.2, 0.25) is 0 Å². The van der Waals surface area contributed by atoms with E-state index < -0.39 is 5.56 Å². The number of anilines is 1. The van der Waals surface area contributed by atoms with Gasteiger partial charge in [-0.3, -0.25) is 4.79 Å². The number of aromatic nitrogens is 1. The molecule has 0 aliphatic heterocycles. The summed E-state index contributed by atoms with van der Waals surface area (Å²) < 4.78 is 5.81. The number of pyridine rings is 1. The van der Waals surface area contributed by atoms with E-state index in [0.29, 0.717) is 28.4 Å². The van der Waals surface area contributed by atoms with Crippen LogP contribution < -0.4 is 16.0 Å². The zero-order valence-electron chi connectivity index (χ0n) is 13.0. The quantitative estimate of drug-likeness (QED) is 0.722. The van der Waals surface area contributed by atoms with E-state index in [1.165, 1.54) is 0 Å². The summed E-state index contributed by atoms with van der Waals surface area (Å²) in [5.74, 6) is 1.27. The van der Waals surface area contributed by atoms with E-state index in [4.69, 9.17) is 10.5 Å². The number of ether oxygens (including phenoxy) is 1. The summed E-state index contributed by atoms with van der Waals surface area (Å²) in [5, 5.41) is 9.27. The maximum Gasteiger partial charge on any atom is 0.266 e. The maximum absolute atomic E-state index is 12.0. The Kier molecular flexibility index (Phi) is 4.04. The van der Waals surface area contributed by atoms with Crippen molar-refractivity contribution >= 4 is 5.69 Å². The Morgan fingerprint density at radius 3 is 2.54 bits per heavy atom. The maximum atomic E-state index is 12.0. The van der Waals surface area contributed by atoms with Gasteiger partial charge in [-0.05, 0) is 55.0 Å². The number of rotatable bonds is 3. The lowest BCUT2D eigenvalue weighted by atomic mass is 10.0. The van der Waals surface area contributed by atoms with Gasteiger partial charge in [0.15, 0.2) is 0 Å². The third-order valence-electron chi connectivity index (χ3n) is 3.54. The predicted molar refractivity (Wildman–Crippen MR) is 92.9 cm³/mol. The van der Waals surface area contributed by atoms with E-state index >= 15 is 0 Å². The van der Waals surface area contributed by atoms with E-state index in [-0.39, 0.29) is 5.56 Å².